The second-order valence-corrected chi connectivity index (χ2v) is 6.36. The summed E-state index contributed by atoms with van der Waals surface area (Å²) in [7, 11) is 2.11. The highest BCUT2D eigenvalue weighted by molar-refractivity contribution is 4.89. The van der Waals surface area contributed by atoms with Crippen LogP contribution < -0.4 is 5.32 Å². The van der Waals surface area contributed by atoms with Crippen LogP contribution in [0, 0.1) is 11.3 Å². The summed E-state index contributed by atoms with van der Waals surface area (Å²) in [6, 6.07) is 0. The van der Waals surface area contributed by atoms with Crippen molar-refractivity contribution in [3.63, 3.8) is 0 Å². The SMILES string of the molecule is CCN(CC1CCC1)CC1(CNC)CCCC1. The molecule has 1 N–H and O–H groups in total. The van der Waals surface area contributed by atoms with Gasteiger partial charge >= 0.3 is 0 Å². The number of nitrogens with one attached hydrogen (secondary N) is 1. The van der Waals surface area contributed by atoms with Crippen LogP contribution in [0.4, 0.5) is 0 Å². The Morgan fingerprint density at radius 2 is 1.88 bits per heavy atom. The Labute approximate surface area is 107 Å². The van der Waals surface area contributed by atoms with Gasteiger partial charge in [0.2, 0.25) is 0 Å². The molecule has 0 heterocycles. The molecule has 0 unspecified atom stereocenters. The fraction of sp³-hybridized carbons (Fsp3) is 1.00. The number of hydrogen-bond donors (Lipinski definition) is 1. The summed E-state index contributed by atoms with van der Waals surface area (Å²) >= 11 is 0. The molecule has 0 amide bonds. The lowest BCUT2D eigenvalue weighted by Crippen LogP contribution is -2.44. The van der Waals surface area contributed by atoms with Gasteiger partial charge in [0.1, 0.15) is 0 Å². The van der Waals surface area contributed by atoms with E-state index in [1.54, 1.807) is 0 Å². The molecule has 0 aliphatic heterocycles. The molecule has 0 aromatic carbocycles. The summed E-state index contributed by atoms with van der Waals surface area (Å²) < 4.78 is 0. The zero-order valence-corrected chi connectivity index (χ0v) is 11.8. The molecule has 17 heavy (non-hydrogen) atoms. The minimum atomic E-state index is 0.592. The molecule has 0 spiro atoms. The maximum atomic E-state index is 3.43. The summed E-state index contributed by atoms with van der Waals surface area (Å²) in [5, 5.41) is 3.43. The standard InChI is InChI=1S/C15H30N2/c1-3-17(11-14-7-6-8-14)13-15(12-16-2)9-4-5-10-15/h14,16H,3-13H2,1-2H3. The first-order valence-corrected chi connectivity index (χ1v) is 7.65. The zero-order chi connectivity index (χ0) is 12.1. The lowest BCUT2D eigenvalue weighted by Gasteiger charge is -2.38. The van der Waals surface area contributed by atoms with Crippen LogP contribution in [-0.2, 0) is 0 Å². The van der Waals surface area contributed by atoms with Gasteiger partial charge in [0, 0.05) is 19.6 Å². The van der Waals surface area contributed by atoms with E-state index in [2.05, 4.69) is 24.2 Å². The Morgan fingerprint density at radius 3 is 2.35 bits per heavy atom. The molecule has 2 aliphatic carbocycles. The highest BCUT2D eigenvalue weighted by Gasteiger charge is 2.35. The summed E-state index contributed by atoms with van der Waals surface area (Å²) in [5.41, 5.74) is 0.592. The van der Waals surface area contributed by atoms with Gasteiger partial charge < -0.3 is 10.2 Å². The molecule has 2 saturated carbocycles. The molecule has 100 valence electrons. The Hall–Kier alpha value is -0.0800. The fourth-order valence-electron chi connectivity index (χ4n) is 3.71. The van der Waals surface area contributed by atoms with Crippen molar-refractivity contribution in [1.82, 2.24) is 10.2 Å². The monoisotopic (exact) mass is 238 g/mol. The smallest absolute Gasteiger partial charge is 0.00501 e. The third kappa shape index (κ3) is 3.45. The first-order chi connectivity index (χ1) is 8.28. The molecular formula is C15H30N2. The predicted octanol–water partition coefficient (Wildman–Crippen LogP) is 2.89. The Balaban J connectivity index is 1.85. The van der Waals surface area contributed by atoms with Gasteiger partial charge in [-0.2, -0.15) is 0 Å². The molecule has 0 bridgehead atoms. The predicted molar refractivity (Wildman–Crippen MR) is 74.3 cm³/mol. The van der Waals surface area contributed by atoms with Crippen LogP contribution in [0.5, 0.6) is 0 Å². The van der Waals surface area contributed by atoms with Gasteiger partial charge in [-0.15, -0.1) is 0 Å². The fourth-order valence-corrected chi connectivity index (χ4v) is 3.71. The van der Waals surface area contributed by atoms with Gasteiger partial charge in [-0.3, -0.25) is 0 Å². The van der Waals surface area contributed by atoms with Crippen molar-refractivity contribution >= 4 is 0 Å². The van der Waals surface area contributed by atoms with Crippen LogP contribution in [0.25, 0.3) is 0 Å². The zero-order valence-electron chi connectivity index (χ0n) is 11.8. The van der Waals surface area contributed by atoms with Crippen molar-refractivity contribution in [2.24, 2.45) is 11.3 Å². The third-order valence-electron chi connectivity index (χ3n) is 4.96. The molecule has 2 aliphatic rings. The van der Waals surface area contributed by atoms with E-state index in [-0.39, 0.29) is 0 Å². The van der Waals surface area contributed by atoms with E-state index in [0.717, 1.165) is 5.92 Å². The first-order valence-electron chi connectivity index (χ1n) is 7.65. The third-order valence-corrected chi connectivity index (χ3v) is 4.96. The van der Waals surface area contributed by atoms with Crippen LogP contribution in [-0.4, -0.2) is 38.1 Å². The molecule has 0 saturated heterocycles. The summed E-state index contributed by atoms with van der Waals surface area (Å²) in [6.07, 6.45) is 10.2. The molecule has 0 aromatic heterocycles. The molecule has 0 aromatic rings. The molecule has 0 radical (unpaired) electrons. The van der Waals surface area contributed by atoms with Crippen molar-refractivity contribution in [2.45, 2.75) is 51.9 Å². The minimum absolute atomic E-state index is 0.592. The van der Waals surface area contributed by atoms with Gasteiger partial charge in [-0.1, -0.05) is 26.2 Å². The second-order valence-electron chi connectivity index (χ2n) is 6.36. The molecule has 2 heteroatoms. The lowest BCUT2D eigenvalue weighted by atomic mass is 9.82. The van der Waals surface area contributed by atoms with E-state index in [1.165, 1.54) is 71.1 Å². The van der Waals surface area contributed by atoms with Crippen LogP contribution in [0.2, 0.25) is 0 Å². The van der Waals surface area contributed by atoms with Crippen molar-refractivity contribution in [3.8, 4) is 0 Å². The number of nitrogens with zero attached hydrogens (tertiary/aromatic N) is 1. The first kappa shape index (κ1) is 13.4. The average Bonchev–Trinajstić information content (AvgIpc) is 2.71. The van der Waals surface area contributed by atoms with Crippen molar-refractivity contribution in [3.05, 3.63) is 0 Å². The van der Waals surface area contributed by atoms with Gasteiger partial charge in [0.05, 0.1) is 0 Å². The number of hydrogen-bond acceptors (Lipinski definition) is 2. The lowest BCUT2D eigenvalue weighted by molar-refractivity contribution is 0.117. The van der Waals surface area contributed by atoms with Crippen LogP contribution in [0.3, 0.4) is 0 Å². The van der Waals surface area contributed by atoms with Gasteiger partial charge in [0.25, 0.3) is 0 Å². The van der Waals surface area contributed by atoms with Gasteiger partial charge in [-0.05, 0) is 50.6 Å². The van der Waals surface area contributed by atoms with Crippen molar-refractivity contribution < 1.29 is 0 Å². The van der Waals surface area contributed by atoms with E-state index in [0.29, 0.717) is 5.41 Å². The Morgan fingerprint density at radius 1 is 1.18 bits per heavy atom. The molecule has 0 atom stereocenters. The summed E-state index contributed by atoms with van der Waals surface area (Å²) in [5.74, 6) is 1.02. The molecular weight excluding hydrogens is 208 g/mol. The van der Waals surface area contributed by atoms with Crippen molar-refractivity contribution in [2.75, 3.05) is 33.2 Å². The minimum Gasteiger partial charge on any atom is -0.319 e. The van der Waals surface area contributed by atoms with Gasteiger partial charge in [0.15, 0.2) is 0 Å². The van der Waals surface area contributed by atoms with Crippen LogP contribution in [0.1, 0.15) is 51.9 Å². The molecule has 2 nitrogen and oxygen atoms in total. The maximum absolute atomic E-state index is 3.43. The Kier molecular flexibility index (Phi) is 4.87. The average molecular weight is 238 g/mol. The number of rotatable bonds is 7. The molecule has 2 fully saturated rings. The quantitative estimate of drug-likeness (QED) is 0.733. The highest BCUT2D eigenvalue weighted by atomic mass is 15.1. The van der Waals surface area contributed by atoms with E-state index >= 15 is 0 Å². The highest BCUT2D eigenvalue weighted by Crippen LogP contribution is 2.39. The topological polar surface area (TPSA) is 15.3 Å². The van der Waals surface area contributed by atoms with Crippen molar-refractivity contribution in [1.29, 1.82) is 0 Å². The summed E-state index contributed by atoms with van der Waals surface area (Å²) in [4.78, 5) is 2.73. The maximum Gasteiger partial charge on any atom is 0.00501 e. The van der Waals surface area contributed by atoms with Gasteiger partial charge in [-0.25, -0.2) is 0 Å². The molecule has 2 rings (SSSR count). The summed E-state index contributed by atoms with van der Waals surface area (Å²) in [6.45, 7) is 7.49. The van der Waals surface area contributed by atoms with E-state index < -0.39 is 0 Å². The van der Waals surface area contributed by atoms with E-state index in [1.807, 2.05) is 0 Å². The normalized spacial score (nSPS) is 24.2. The van der Waals surface area contributed by atoms with Crippen LogP contribution >= 0.6 is 0 Å². The van der Waals surface area contributed by atoms with Crippen LogP contribution in [0.15, 0.2) is 0 Å². The van der Waals surface area contributed by atoms with E-state index in [4.69, 9.17) is 0 Å². The second kappa shape index (κ2) is 6.19. The Bertz CT molecular complexity index is 217. The van der Waals surface area contributed by atoms with E-state index in [9.17, 15) is 0 Å². The largest absolute Gasteiger partial charge is 0.319 e.